The number of hydrogen-bond acceptors (Lipinski definition) is 7. The number of rotatable bonds is 7. The molecular formula is C26H24Cl2N6OS. The fraction of sp³-hybridized carbons (Fsp3) is 0.231. The number of benzene rings is 2. The topological polar surface area (TPSA) is 67.2 Å². The van der Waals surface area contributed by atoms with Crippen LogP contribution in [0.2, 0.25) is 10.0 Å². The molecule has 1 saturated heterocycles. The molecule has 0 saturated carbocycles. The number of morpholine rings is 1. The number of fused-ring (bicyclic) bond motifs is 2. The lowest BCUT2D eigenvalue weighted by molar-refractivity contribution is 0.122. The molecule has 184 valence electrons. The van der Waals surface area contributed by atoms with Gasteiger partial charge in [0.1, 0.15) is 0 Å². The number of ether oxygens (including phenoxy) is 1. The van der Waals surface area contributed by atoms with Crippen LogP contribution < -0.4 is 15.8 Å². The average Bonchev–Trinajstić information content (AvgIpc) is 3.52. The summed E-state index contributed by atoms with van der Waals surface area (Å²) in [6.07, 6.45) is 2.15. The molecule has 0 bridgehead atoms. The van der Waals surface area contributed by atoms with E-state index in [1.54, 1.807) is 11.3 Å². The second-order valence-electron chi connectivity index (χ2n) is 8.60. The molecule has 6 rings (SSSR count). The predicted molar refractivity (Wildman–Crippen MR) is 148 cm³/mol. The highest BCUT2D eigenvalue weighted by molar-refractivity contribution is 7.17. The molecule has 0 atom stereocenters. The first kappa shape index (κ1) is 23.5. The second-order valence-corrected chi connectivity index (χ2v) is 10.3. The van der Waals surface area contributed by atoms with E-state index in [1.807, 2.05) is 30.3 Å². The summed E-state index contributed by atoms with van der Waals surface area (Å²) < 4.78 is 8.82. The second kappa shape index (κ2) is 10.2. The molecule has 1 aliphatic heterocycles. The normalized spacial score (nSPS) is 14.1. The molecule has 2 aromatic carbocycles. The zero-order valence-corrected chi connectivity index (χ0v) is 21.7. The van der Waals surface area contributed by atoms with Crippen LogP contribution in [-0.2, 0) is 17.8 Å². The van der Waals surface area contributed by atoms with E-state index >= 15 is 0 Å². The molecule has 10 heteroatoms. The molecule has 3 aromatic heterocycles. The van der Waals surface area contributed by atoms with Crippen LogP contribution in [0.25, 0.3) is 21.1 Å². The van der Waals surface area contributed by atoms with Gasteiger partial charge in [0.2, 0.25) is 5.95 Å². The maximum absolute atomic E-state index is 6.46. The van der Waals surface area contributed by atoms with Crippen LogP contribution in [0.15, 0.2) is 60.1 Å². The fourth-order valence-corrected chi connectivity index (χ4v) is 5.79. The Hall–Kier alpha value is -2.88. The van der Waals surface area contributed by atoms with Crippen LogP contribution in [0.1, 0.15) is 11.1 Å². The highest BCUT2D eigenvalue weighted by atomic mass is 35.5. The van der Waals surface area contributed by atoms with Crippen molar-refractivity contribution in [1.29, 1.82) is 0 Å². The minimum absolute atomic E-state index is 0.553. The van der Waals surface area contributed by atoms with Crippen molar-refractivity contribution in [3.05, 3.63) is 81.3 Å². The first-order valence-corrected chi connectivity index (χ1v) is 13.4. The molecule has 1 aliphatic rings. The van der Waals surface area contributed by atoms with Gasteiger partial charge in [-0.1, -0.05) is 53.5 Å². The Morgan fingerprint density at radius 2 is 1.83 bits per heavy atom. The summed E-state index contributed by atoms with van der Waals surface area (Å²) in [5.41, 5.74) is 10.8. The number of hydrogen-bond donors (Lipinski definition) is 2. The average molecular weight is 539 g/mol. The lowest BCUT2D eigenvalue weighted by Gasteiger charge is -2.28. The number of aromatic nitrogens is 3. The first-order chi connectivity index (χ1) is 17.7. The highest BCUT2D eigenvalue weighted by Crippen LogP contribution is 2.31. The third kappa shape index (κ3) is 4.63. The van der Waals surface area contributed by atoms with Gasteiger partial charge in [0.15, 0.2) is 5.82 Å². The van der Waals surface area contributed by atoms with Crippen molar-refractivity contribution in [2.45, 2.75) is 13.1 Å². The number of para-hydroxylation sites is 1. The Morgan fingerprint density at radius 1 is 0.972 bits per heavy atom. The quantitative estimate of drug-likeness (QED) is 0.249. The number of nitrogens with one attached hydrogen (secondary N) is 2. The van der Waals surface area contributed by atoms with E-state index in [-0.39, 0.29) is 0 Å². The molecule has 4 heterocycles. The molecule has 0 aliphatic carbocycles. The van der Waals surface area contributed by atoms with Gasteiger partial charge in [-0.25, -0.2) is 10.4 Å². The Balaban J connectivity index is 1.22. The van der Waals surface area contributed by atoms with Crippen molar-refractivity contribution >= 4 is 67.4 Å². The van der Waals surface area contributed by atoms with E-state index in [0.717, 1.165) is 45.8 Å². The number of halogens is 2. The number of thiophene rings is 1. The van der Waals surface area contributed by atoms with Crippen LogP contribution in [0.5, 0.6) is 0 Å². The van der Waals surface area contributed by atoms with Gasteiger partial charge >= 0.3 is 0 Å². The third-order valence-electron chi connectivity index (χ3n) is 6.32. The molecule has 2 N–H and O–H groups in total. The summed E-state index contributed by atoms with van der Waals surface area (Å²) >= 11 is 14.4. The highest BCUT2D eigenvalue weighted by Gasteiger charge is 2.18. The van der Waals surface area contributed by atoms with E-state index in [9.17, 15) is 0 Å². The van der Waals surface area contributed by atoms with Crippen LogP contribution in [-0.4, -0.2) is 40.8 Å². The van der Waals surface area contributed by atoms with Gasteiger partial charge in [-0.15, -0.1) is 11.3 Å². The van der Waals surface area contributed by atoms with Crippen molar-refractivity contribution in [2.75, 3.05) is 36.6 Å². The SMILES string of the molecule is Clc1cccc(Cn2cc(CNNc3nc(N4CCOCC4)c4sccc4n3)c3ccccc32)c1Cl. The molecule has 0 unspecified atom stereocenters. The minimum atomic E-state index is 0.553. The summed E-state index contributed by atoms with van der Waals surface area (Å²) in [5.74, 6) is 1.51. The summed E-state index contributed by atoms with van der Waals surface area (Å²) in [7, 11) is 0. The molecule has 0 radical (unpaired) electrons. The molecule has 36 heavy (non-hydrogen) atoms. The Morgan fingerprint density at radius 3 is 2.72 bits per heavy atom. The molecule has 1 fully saturated rings. The summed E-state index contributed by atoms with van der Waals surface area (Å²) in [6.45, 7) is 4.30. The van der Waals surface area contributed by atoms with Gasteiger partial charge in [0.25, 0.3) is 0 Å². The smallest absolute Gasteiger partial charge is 0.239 e. The summed E-state index contributed by atoms with van der Waals surface area (Å²) in [4.78, 5) is 11.8. The van der Waals surface area contributed by atoms with Gasteiger partial charge in [-0.05, 0) is 34.7 Å². The lowest BCUT2D eigenvalue weighted by Crippen LogP contribution is -2.37. The first-order valence-electron chi connectivity index (χ1n) is 11.7. The van der Waals surface area contributed by atoms with Crippen molar-refractivity contribution in [3.8, 4) is 0 Å². The Kier molecular flexibility index (Phi) is 6.69. The zero-order chi connectivity index (χ0) is 24.5. The molecule has 7 nitrogen and oxygen atoms in total. The number of nitrogens with zero attached hydrogens (tertiary/aromatic N) is 4. The van der Waals surface area contributed by atoms with Crippen LogP contribution in [0.4, 0.5) is 11.8 Å². The lowest BCUT2D eigenvalue weighted by atomic mass is 10.2. The fourth-order valence-electron chi connectivity index (χ4n) is 4.56. The predicted octanol–water partition coefficient (Wildman–Crippen LogP) is 5.95. The monoisotopic (exact) mass is 538 g/mol. The van der Waals surface area contributed by atoms with E-state index in [4.69, 9.17) is 37.9 Å². The van der Waals surface area contributed by atoms with E-state index in [0.29, 0.717) is 42.3 Å². The largest absolute Gasteiger partial charge is 0.378 e. The van der Waals surface area contributed by atoms with Gasteiger partial charge in [0.05, 0.1) is 33.5 Å². The van der Waals surface area contributed by atoms with Gasteiger partial charge < -0.3 is 14.2 Å². The number of hydrazine groups is 1. The summed E-state index contributed by atoms with van der Waals surface area (Å²) in [6, 6.07) is 16.1. The van der Waals surface area contributed by atoms with E-state index in [2.05, 4.69) is 50.1 Å². The van der Waals surface area contributed by atoms with E-state index < -0.39 is 0 Å². The molecular weight excluding hydrogens is 515 g/mol. The van der Waals surface area contributed by atoms with Gasteiger partial charge in [-0.3, -0.25) is 5.43 Å². The molecule has 0 amide bonds. The maximum Gasteiger partial charge on any atom is 0.239 e. The van der Waals surface area contributed by atoms with Crippen molar-refractivity contribution in [2.24, 2.45) is 0 Å². The van der Waals surface area contributed by atoms with Gasteiger partial charge in [0, 0.05) is 43.3 Å². The Bertz CT molecular complexity index is 1530. The van der Waals surface area contributed by atoms with Crippen molar-refractivity contribution < 1.29 is 4.74 Å². The zero-order valence-electron chi connectivity index (χ0n) is 19.4. The molecule has 5 aromatic rings. The van der Waals surface area contributed by atoms with Crippen LogP contribution >= 0.6 is 34.5 Å². The van der Waals surface area contributed by atoms with Gasteiger partial charge in [-0.2, -0.15) is 4.98 Å². The van der Waals surface area contributed by atoms with E-state index in [1.165, 1.54) is 5.39 Å². The Labute approximate surface area is 222 Å². The molecule has 0 spiro atoms. The standard InChI is InChI=1S/C26H24Cl2N6OS/c27-20-6-3-4-17(23(20)28)15-34-16-18(19-5-1-2-7-22(19)34)14-29-32-26-30-21-8-13-36-24(21)25(31-26)33-9-11-35-12-10-33/h1-8,13,16,29H,9-12,14-15H2,(H,30,31,32). The maximum atomic E-state index is 6.46. The minimum Gasteiger partial charge on any atom is -0.378 e. The van der Waals surface area contributed by atoms with Crippen LogP contribution in [0, 0.1) is 0 Å². The van der Waals surface area contributed by atoms with Crippen LogP contribution in [0.3, 0.4) is 0 Å². The van der Waals surface area contributed by atoms with Crippen molar-refractivity contribution in [1.82, 2.24) is 20.0 Å². The number of anilines is 2. The van der Waals surface area contributed by atoms with Crippen molar-refractivity contribution in [3.63, 3.8) is 0 Å². The third-order valence-corrected chi connectivity index (χ3v) is 8.08. The summed E-state index contributed by atoms with van der Waals surface area (Å²) in [5, 5.41) is 4.39.